The Morgan fingerprint density at radius 1 is 1.21 bits per heavy atom. The van der Waals surface area contributed by atoms with Crippen LogP contribution in [0.1, 0.15) is 77.4 Å². The van der Waals surface area contributed by atoms with Crippen molar-refractivity contribution in [2.75, 3.05) is 0 Å². The van der Waals surface area contributed by atoms with Crippen molar-refractivity contribution in [1.82, 2.24) is 4.98 Å². The summed E-state index contributed by atoms with van der Waals surface area (Å²) < 4.78 is 11.7. The number of aliphatic hydroxyl groups excluding tert-OH is 2. The highest BCUT2D eigenvalue weighted by Gasteiger charge is 2.44. The van der Waals surface area contributed by atoms with Gasteiger partial charge in [0.2, 0.25) is 0 Å². The van der Waals surface area contributed by atoms with Crippen LogP contribution in [0, 0.1) is 24.2 Å². The molecule has 2 saturated heterocycles. The van der Waals surface area contributed by atoms with Gasteiger partial charge < -0.3 is 19.7 Å². The predicted octanol–water partition coefficient (Wildman–Crippen LogP) is 4.09. The molecule has 2 aliphatic rings. The largest absolute Gasteiger partial charge is 0.458 e. The van der Waals surface area contributed by atoms with Crippen molar-refractivity contribution in [2.45, 2.75) is 104 Å². The number of cyclic esters (lactones) is 1. The van der Waals surface area contributed by atoms with Gasteiger partial charge in [-0.05, 0) is 44.3 Å². The Morgan fingerprint density at radius 2 is 1.91 bits per heavy atom. The van der Waals surface area contributed by atoms with E-state index in [9.17, 15) is 19.8 Å². The number of ether oxygens (including phenoxy) is 2. The van der Waals surface area contributed by atoms with E-state index < -0.39 is 35.6 Å². The van der Waals surface area contributed by atoms with Gasteiger partial charge in [-0.2, -0.15) is 0 Å². The van der Waals surface area contributed by atoms with Gasteiger partial charge in [0.1, 0.15) is 11.9 Å². The standard InChI is InChI=1S/C26H39NO6S/c1-14-8-7-9-19-21(32-19)11-20(15(2)10-18-13-34-17(4)27-18)33-23(29)12-22(28)26(5,6)25(31)16(3)24(14)30/h10,13-14,16,19-22,24,28,30H,7-9,11-12H2,1-6H3/b15-10+/t14?,16?,19-,20?,21+,22?,24?/m1/s1. The third kappa shape index (κ3) is 6.53. The molecule has 3 rings (SSSR count). The Balaban J connectivity index is 1.81. The average molecular weight is 494 g/mol. The maximum absolute atomic E-state index is 13.2. The van der Waals surface area contributed by atoms with Crippen LogP contribution < -0.4 is 0 Å². The van der Waals surface area contributed by atoms with E-state index in [1.54, 1.807) is 32.1 Å². The molecule has 0 saturated carbocycles. The van der Waals surface area contributed by atoms with Gasteiger partial charge >= 0.3 is 5.97 Å². The molecule has 3 heterocycles. The minimum atomic E-state index is -1.22. The number of carbonyl (C=O) groups is 2. The lowest BCUT2D eigenvalue weighted by Gasteiger charge is -2.34. The summed E-state index contributed by atoms with van der Waals surface area (Å²) in [6, 6.07) is 0. The second-order valence-corrected chi connectivity index (χ2v) is 11.7. The zero-order valence-corrected chi connectivity index (χ0v) is 21.9. The van der Waals surface area contributed by atoms with Crippen LogP contribution in [0.3, 0.4) is 0 Å². The quantitative estimate of drug-likeness (QED) is 0.472. The number of aromatic nitrogens is 1. The zero-order chi connectivity index (χ0) is 25.2. The van der Waals surface area contributed by atoms with Crippen molar-refractivity contribution in [3.05, 3.63) is 21.7 Å². The van der Waals surface area contributed by atoms with Crippen LogP contribution in [-0.4, -0.2) is 57.5 Å². The van der Waals surface area contributed by atoms with E-state index in [4.69, 9.17) is 9.47 Å². The molecule has 2 fully saturated rings. The topological polar surface area (TPSA) is 109 Å². The molecule has 0 bridgehead atoms. The highest BCUT2D eigenvalue weighted by Crippen LogP contribution is 2.36. The normalized spacial score (nSPS) is 36.0. The number of Topliss-reactive ketones (excluding diaryl/α,β-unsaturated/α-hetero) is 1. The van der Waals surface area contributed by atoms with Crippen LogP contribution in [0.25, 0.3) is 6.08 Å². The number of rotatable bonds is 2. The van der Waals surface area contributed by atoms with E-state index >= 15 is 0 Å². The average Bonchev–Trinajstić information content (AvgIpc) is 3.38. The van der Waals surface area contributed by atoms with Crippen LogP contribution >= 0.6 is 11.3 Å². The molecule has 7 atom stereocenters. The fraction of sp³-hybridized carbons (Fsp3) is 0.731. The predicted molar refractivity (Wildman–Crippen MR) is 131 cm³/mol. The van der Waals surface area contributed by atoms with Gasteiger partial charge in [-0.15, -0.1) is 11.3 Å². The van der Waals surface area contributed by atoms with Gasteiger partial charge in [-0.3, -0.25) is 9.59 Å². The first-order valence-corrected chi connectivity index (χ1v) is 13.1. The molecule has 7 nitrogen and oxygen atoms in total. The minimum absolute atomic E-state index is 0.00770. The van der Waals surface area contributed by atoms with Gasteiger partial charge in [0, 0.05) is 17.7 Å². The summed E-state index contributed by atoms with van der Waals surface area (Å²) >= 11 is 1.56. The van der Waals surface area contributed by atoms with Crippen LogP contribution in [0.4, 0.5) is 0 Å². The van der Waals surface area contributed by atoms with Crippen LogP contribution in [0.15, 0.2) is 11.0 Å². The van der Waals surface area contributed by atoms with Crippen molar-refractivity contribution in [3.8, 4) is 0 Å². The number of ketones is 1. The monoisotopic (exact) mass is 493 g/mol. The second-order valence-electron chi connectivity index (χ2n) is 10.6. The number of thiazole rings is 1. The number of fused-ring (bicyclic) bond motifs is 1. The first-order chi connectivity index (χ1) is 15.9. The Bertz CT molecular complexity index is 909. The molecular weight excluding hydrogens is 454 g/mol. The highest BCUT2D eigenvalue weighted by atomic mass is 32.1. The molecule has 5 unspecified atom stereocenters. The van der Waals surface area contributed by atoms with E-state index in [2.05, 4.69) is 4.98 Å². The second kappa shape index (κ2) is 11.0. The zero-order valence-electron chi connectivity index (χ0n) is 21.1. The lowest BCUT2D eigenvalue weighted by Crippen LogP contribution is -2.45. The number of carbonyl (C=O) groups excluding carboxylic acids is 2. The Kier molecular flexibility index (Phi) is 8.71. The van der Waals surface area contributed by atoms with Crippen molar-refractivity contribution >= 4 is 29.2 Å². The maximum atomic E-state index is 13.2. The number of aryl methyl sites for hydroxylation is 1. The summed E-state index contributed by atoms with van der Waals surface area (Å²) in [5, 5.41) is 24.5. The number of hydrogen-bond donors (Lipinski definition) is 2. The third-order valence-electron chi connectivity index (χ3n) is 7.41. The van der Waals surface area contributed by atoms with Crippen LogP contribution in [0.5, 0.6) is 0 Å². The molecule has 8 heteroatoms. The Morgan fingerprint density at radius 3 is 2.56 bits per heavy atom. The SMILES string of the molecule is C/C(=C\c1csc(C)n1)C1C[C@@H]2O[C@@H]2CCCC(C)C(O)C(C)C(=O)C(C)(C)C(O)CC(=O)O1. The minimum Gasteiger partial charge on any atom is -0.458 e. The first-order valence-electron chi connectivity index (χ1n) is 12.3. The van der Waals surface area contributed by atoms with Gasteiger partial charge in [-0.25, -0.2) is 4.98 Å². The van der Waals surface area contributed by atoms with Crippen molar-refractivity contribution < 1.29 is 29.3 Å². The summed E-state index contributed by atoms with van der Waals surface area (Å²) in [5.74, 6) is -1.52. The van der Waals surface area contributed by atoms with Gasteiger partial charge in [-0.1, -0.05) is 34.1 Å². The Labute approximate surface area is 206 Å². The van der Waals surface area contributed by atoms with Crippen molar-refractivity contribution in [2.24, 2.45) is 17.3 Å². The summed E-state index contributed by atoms with van der Waals surface area (Å²) in [6.45, 7) is 10.8. The number of esters is 1. The summed E-state index contributed by atoms with van der Waals surface area (Å²) in [5.41, 5.74) is 0.494. The smallest absolute Gasteiger partial charge is 0.309 e. The third-order valence-corrected chi connectivity index (χ3v) is 8.20. The molecule has 0 aromatic carbocycles. The molecule has 0 amide bonds. The molecule has 2 N–H and O–H groups in total. The number of aliphatic hydroxyl groups is 2. The molecule has 0 aliphatic carbocycles. The van der Waals surface area contributed by atoms with Gasteiger partial charge in [0.15, 0.2) is 0 Å². The number of epoxide rings is 1. The fourth-order valence-corrected chi connectivity index (χ4v) is 5.35. The Hall–Kier alpha value is -1.61. The first kappa shape index (κ1) is 27.0. The summed E-state index contributed by atoms with van der Waals surface area (Å²) in [4.78, 5) is 30.5. The highest BCUT2D eigenvalue weighted by molar-refractivity contribution is 7.09. The molecule has 2 aliphatic heterocycles. The molecule has 0 radical (unpaired) electrons. The van der Waals surface area contributed by atoms with E-state index in [1.807, 2.05) is 32.2 Å². The number of hydrogen-bond acceptors (Lipinski definition) is 8. The molecule has 34 heavy (non-hydrogen) atoms. The lowest BCUT2D eigenvalue weighted by atomic mass is 9.73. The summed E-state index contributed by atoms with van der Waals surface area (Å²) in [6.07, 6.45) is 2.28. The van der Waals surface area contributed by atoms with Crippen LogP contribution in [-0.2, 0) is 19.1 Å². The summed E-state index contributed by atoms with van der Waals surface area (Å²) in [7, 11) is 0. The van der Waals surface area contributed by atoms with Crippen molar-refractivity contribution in [1.29, 1.82) is 0 Å². The fourth-order valence-electron chi connectivity index (χ4n) is 4.78. The van der Waals surface area contributed by atoms with Gasteiger partial charge in [0.05, 0.1) is 47.0 Å². The van der Waals surface area contributed by atoms with E-state index in [-0.39, 0.29) is 30.3 Å². The lowest BCUT2D eigenvalue weighted by molar-refractivity contribution is -0.154. The van der Waals surface area contributed by atoms with E-state index in [0.717, 1.165) is 35.5 Å². The van der Waals surface area contributed by atoms with E-state index in [0.29, 0.717) is 6.42 Å². The van der Waals surface area contributed by atoms with Crippen LogP contribution in [0.2, 0.25) is 0 Å². The molecule has 1 aromatic rings. The van der Waals surface area contributed by atoms with Crippen molar-refractivity contribution in [3.63, 3.8) is 0 Å². The molecule has 0 spiro atoms. The van der Waals surface area contributed by atoms with Gasteiger partial charge in [0.25, 0.3) is 0 Å². The molecule has 190 valence electrons. The molecule has 1 aromatic heterocycles. The number of nitrogens with zero attached hydrogens (tertiary/aromatic N) is 1. The van der Waals surface area contributed by atoms with E-state index in [1.165, 1.54) is 0 Å². The maximum Gasteiger partial charge on any atom is 0.309 e. The molecular formula is C26H39NO6S.